The van der Waals surface area contributed by atoms with Crippen molar-refractivity contribution >= 4 is 50.1 Å². The topological polar surface area (TPSA) is 133 Å². The largest absolute Gasteiger partial charge is 0.478 e. The summed E-state index contributed by atoms with van der Waals surface area (Å²) in [5.74, 6) is -2.21. The summed E-state index contributed by atoms with van der Waals surface area (Å²) in [6.45, 7) is 0. The highest BCUT2D eigenvalue weighted by Crippen LogP contribution is 2.31. The molecule has 1 aliphatic carbocycles. The van der Waals surface area contributed by atoms with E-state index in [4.69, 9.17) is 0 Å². The van der Waals surface area contributed by atoms with E-state index in [-0.39, 0.29) is 16.8 Å². The highest BCUT2D eigenvalue weighted by molar-refractivity contribution is 7.86. The van der Waals surface area contributed by atoms with E-state index >= 15 is 0 Å². The summed E-state index contributed by atoms with van der Waals surface area (Å²) in [6.07, 6.45) is 1.26. The van der Waals surface area contributed by atoms with Crippen LogP contribution in [0.15, 0.2) is 76.2 Å². The molecule has 0 saturated heterocycles. The predicted molar refractivity (Wildman–Crippen MR) is 111 cm³/mol. The average molecular weight is 422 g/mol. The van der Waals surface area contributed by atoms with Gasteiger partial charge >= 0.3 is 5.97 Å². The smallest absolute Gasteiger partial charge is 0.339 e. The lowest BCUT2D eigenvalue weighted by Gasteiger charge is -2.16. The second-order valence-electron chi connectivity index (χ2n) is 6.49. The number of hydrazone groups is 1. The van der Waals surface area contributed by atoms with Gasteiger partial charge in [0.1, 0.15) is 16.2 Å². The lowest BCUT2D eigenvalue weighted by atomic mass is 9.89. The molecule has 3 aromatic rings. The van der Waals surface area contributed by atoms with Crippen molar-refractivity contribution in [1.29, 1.82) is 0 Å². The lowest BCUT2D eigenvalue weighted by molar-refractivity contribution is -0.133. The number of carbonyl (C=O) groups is 2. The molecule has 0 amide bonds. The first-order chi connectivity index (χ1) is 14.3. The van der Waals surface area contributed by atoms with E-state index in [2.05, 4.69) is 10.5 Å². The molecule has 9 heteroatoms. The van der Waals surface area contributed by atoms with Gasteiger partial charge in [0, 0.05) is 10.9 Å². The summed E-state index contributed by atoms with van der Waals surface area (Å²) in [5.41, 5.74) is 2.72. The van der Waals surface area contributed by atoms with Gasteiger partial charge in [0.05, 0.1) is 5.69 Å². The van der Waals surface area contributed by atoms with E-state index in [0.29, 0.717) is 16.5 Å². The van der Waals surface area contributed by atoms with Crippen molar-refractivity contribution in [1.82, 2.24) is 0 Å². The van der Waals surface area contributed by atoms with Crippen molar-refractivity contribution in [2.45, 2.75) is 4.90 Å². The van der Waals surface area contributed by atoms with Gasteiger partial charge in [-0.1, -0.05) is 54.6 Å². The summed E-state index contributed by atoms with van der Waals surface area (Å²) < 4.78 is 33.8. The van der Waals surface area contributed by atoms with Gasteiger partial charge in [-0.3, -0.25) is 14.8 Å². The van der Waals surface area contributed by atoms with Gasteiger partial charge in [0.2, 0.25) is 5.78 Å². The second-order valence-corrected chi connectivity index (χ2v) is 7.85. The molecule has 0 radical (unpaired) electrons. The molecule has 150 valence electrons. The van der Waals surface area contributed by atoms with Crippen molar-refractivity contribution in [3.8, 4) is 0 Å². The number of rotatable bonds is 4. The summed E-state index contributed by atoms with van der Waals surface area (Å²) in [4.78, 5) is 23.7. The maximum atomic E-state index is 12.7. The van der Waals surface area contributed by atoms with Crippen LogP contribution in [0.3, 0.4) is 0 Å². The highest BCUT2D eigenvalue weighted by atomic mass is 32.2. The van der Waals surface area contributed by atoms with Crippen LogP contribution in [0, 0.1) is 0 Å². The third-order valence-electron chi connectivity index (χ3n) is 4.63. The number of Topliss-reactive ketones (excluding diaryl/α,β-unsaturated/α-hetero) is 1. The number of carboxylic acids is 1. The Hall–Kier alpha value is -3.82. The minimum atomic E-state index is -4.63. The molecule has 3 N–H and O–H groups in total. The number of fused-ring (bicyclic) bond motifs is 2. The summed E-state index contributed by atoms with van der Waals surface area (Å²) in [7, 11) is -4.63. The number of hydrogen-bond donors (Lipinski definition) is 3. The molecule has 0 aliphatic heterocycles. The second kappa shape index (κ2) is 7.21. The number of carboxylic acid groups (broad SMARTS) is 1. The quantitative estimate of drug-likeness (QED) is 0.334. The molecule has 8 nitrogen and oxygen atoms in total. The molecule has 0 fully saturated rings. The Balaban J connectivity index is 1.87. The number of aliphatic carboxylic acids is 1. The van der Waals surface area contributed by atoms with E-state index in [1.54, 1.807) is 48.5 Å². The fourth-order valence-corrected chi connectivity index (χ4v) is 4.16. The molecule has 4 rings (SSSR count). The van der Waals surface area contributed by atoms with Crippen LogP contribution in [0.2, 0.25) is 0 Å². The summed E-state index contributed by atoms with van der Waals surface area (Å²) >= 11 is 0. The number of nitrogens with one attached hydrogen (secondary N) is 1. The van der Waals surface area contributed by atoms with Gasteiger partial charge in [-0.05, 0) is 23.1 Å². The first-order valence-electron chi connectivity index (χ1n) is 8.69. The molecule has 0 atom stereocenters. The Labute approximate surface area is 170 Å². The Bertz CT molecular complexity index is 1390. The molecule has 0 heterocycles. The van der Waals surface area contributed by atoms with Gasteiger partial charge in [0.15, 0.2) is 0 Å². The zero-order valence-corrected chi connectivity index (χ0v) is 16.1. The van der Waals surface area contributed by atoms with Gasteiger partial charge in [-0.25, -0.2) is 4.79 Å². The normalized spacial score (nSPS) is 15.0. The van der Waals surface area contributed by atoms with E-state index in [1.807, 2.05) is 0 Å². The van der Waals surface area contributed by atoms with Gasteiger partial charge in [-0.2, -0.15) is 13.5 Å². The molecular weight excluding hydrogens is 408 g/mol. The van der Waals surface area contributed by atoms with Crippen molar-refractivity contribution < 1.29 is 27.7 Å². The van der Waals surface area contributed by atoms with E-state index in [0.717, 1.165) is 0 Å². The number of ketones is 1. The van der Waals surface area contributed by atoms with E-state index in [9.17, 15) is 27.7 Å². The Kier molecular flexibility index (Phi) is 4.69. The third-order valence-corrected chi connectivity index (χ3v) is 5.59. The van der Waals surface area contributed by atoms with Crippen molar-refractivity contribution in [3.63, 3.8) is 0 Å². The van der Waals surface area contributed by atoms with E-state index < -0.39 is 32.3 Å². The molecule has 30 heavy (non-hydrogen) atoms. The first kappa shape index (κ1) is 19.5. The summed E-state index contributed by atoms with van der Waals surface area (Å²) in [5, 5.41) is 14.2. The van der Waals surface area contributed by atoms with Crippen LogP contribution in [0.1, 0.15) is 11.1 Å². The zero-order chi connectivity index (χ0) is 21.5. The van der Waals surface area contributed by atoms with E-state index in [1.165, 1.54) is 18.2 Å². The maximum absolute atomic E-state index is 12.7. The zero-order valence-electron chi connectivity index (χ0n) is 15.2. The Morgan fingerprint density at radius 2 is 1.67 bits per heavy atom. The molecule has 1 aliphatic rings. The molecule has 0 spiro atoms. The molecule has 0 aromatic heterocycles. The van der Waals surface area contributed by atoms with Crippen LogP contribution in [0.5, 0.6) is 0 Å². The van der Waals surface area contributed by atoms with Crippen LogP contribution < -0.4 is 5.43 Å². The fourth-order valence-electron chi connectivity index (χ4n) is 3.30. The Morgan fingerprint density at radius 3 is 2.40 bits per heavy atom. The number of nitrogens with zero attached hydrogens (tertiary/aromatic N) is 1. The van der Waals surface area contributed by atoms with Crippen LogP contribution in [0.4, 0.5) is 5.69 Å². The molecule has 0 saturated carbocycles. The van der Waals surface area contributed by atoms with Crippen LogP contribution >= 0.6 is 0 Å². The molecular formula is C21H14N2O6S. The number of hydrogen-bond acceptors (Lipinski definition) is 6. The Morgan fingerprint density at radius 1 is 0.967 bits per heavy atom. The van der Waals surface area contributed by atoms with Gasteiger partial charge < -0.3 is 5.11 Å². The maximum Gasteiger partial charge on any atom is 0.339 e. The predicted octanol–water partition coefficient (Wildman–Crippen LogP) is 2.95. The monoisotopic (exact) mass is 422 g/mol. The summed E-state index contributed by atoms with van der Waals surface area (Å²) in [6, 6.07) is 16.2. The number of carbonyl (C=O) groups excluding carboxylic acids is 1. The third kappa shape index (κ3) is 3.36. The van der Waals surface area contributed by atoms with Gasteiger partial charge in [-0.15, -0.1) is 0 Å². The SMILES string of the molecule is O=C(O)C1=Cc2ccccc2C(=NNc2ccc3ccccc3c2S(=O)(=O)O)C1=O. The molecule has 3 aromatic carbocycles. The lowest BCUT2D eigenvalue weighted by Crippen LogP contribution is -2.27. The standard InChI is InChI=1S/C21H14N2O6S/c24-19-16(21(25)26)11-13-6-2-3-7-14(13)18(19)23-22-17-10-9-12-5-1-4-8-15(12)20(17)30(27,28)29/h1-11,22H,(H,25,26)(H,27,28,29). The van der Waals surface area contributed by atoms with Crippen LogP contribution in [-0.4, -0.2) is 35.5 Å². The number of anilines is 1. The minimum absolute atomic E-state index is 0.0552. The van der Waals surface area contributed by atoms with Crippen LogP contribution in [0.25, 0.3) is 16.8 Å². The number of benzene rings is 3. The van der Waals surface area contributed by atoms with Crippen molar-refractivity contribution in [3.05, 3.63) is 77.4 Å². The average Bonchev–Trinajstić information content (AvgIpc) is 2.71. The highest BCUT2D eigenvalue weighted by Gasteiger charge is 2.30. The minimum Gasteiger partial charge on any atom is -0.478 e. The van der Waals surface area contributed by atoms with Crippen molar-refractivity contribution in [2.75, 3.05) is 5.43 Å². The van der Waals surface area contributed by atoms with Crippen molar-refractivity contribution in [2.24, 2.45) is 5.10 Å². The van der Waals surface area contributed by atoms with Crippen LogP contribution in [-0.2, 0) is 19.7 Å². The fraction of sp³-hybridized carbons (Fsp3) is 0. The molecule has 0 bridgehead atoms. The molecule has 0 unspecified atom stereocenters. The van der Waals surface area contributed by atoms with Gasteiger partial charge in [0.25, 0.3) is 10.1 Å². The first-order valence-corrected chi connectivity index (χ1v) is 10.1.